The first-order chi connectivity index (χ1) is 10.6. The maximum atomic E-state index is 9.50. The van der Waals surface area contributed by atoms with Crippen molar-refractivity contribution in [3.8, 4) is 11.1 Å². The second-order valence-corrected chi connectivity index (χ2v) is 6.91. The molecule has 1 fully saturated rings. The van der Waals surface area contributed by atoms with Crippen molar-refractivity contribution in [3.63, 3.8) is 0 Å². The molecule has 2 aliphatic rings. The van der Waals surface area contributed by atoms with Gasteiger partial charge in [0.05, 0.1) is 0 Å². The molecule has 0 spiro atoms. The first kappa shape index (κ1) is 14.3. The Hall–Kier alpha value is -1.29. The lowest BCUT2D eigenvalue weighted by atomic mass is 9.76. The molecular weight excluding hydrogens is 294 g/mol. The van der Waals surface area contributed by atoms with E-state index in [9.17, 15) is 10.0 Å². The molecule has 0 heterocycles. The SMILES string of the molecule is OB(O)c1ccc2c(c1)C(C1CCCC1)c1cc(Cl)ccc1-2. The summed E-state index contributed by atoms with van der Waals surface area (Å²) in [6.45, 7) is 0. The van der Waals surface area contributed by atoms with E-state index in [2.05, 4.69) is 12.1 Å². The summed E-state index contributed by atoms with van der Waals surface area (Å²) in [5.41, 5.74) is 5.57. The standard InChI is InChI=1S/C18H18BClO2/c20-13-6-8-15-14-7-5-12(19(21)22)9-16(14)18(17(15)10-13)11-3-1-2-4-11/h5-11,18,21-22H,1-4H2. The summed E-state index contributed by atoms with van der Waals surface area (Å²) < 4.78 is 0. The molecule has 0 bridgehead atoms. The van der Waals surface area contributed by atoms with Crippen LogP contribution in [0.3, 0.4) is 0 Å². The van der Waals surface area contributed by atoms with Crippen molar-refractivity contribution in [2.45, 2.75) is 31.6 Å². The quantitative estimate of drug-likeness (QED) is 0.835. The zero-order valence-electron chi connectivity index (χ0n) is 12.3. The topological polar surface area (TPSA) is 40.5 Å². The van der Waals surface area contributed by atoms with Crippen molar-refractivity contribution in [2.24, 2.45) is 5.92 Å². The smallest absolute Gasteiger partial charge is 0.423 e. The Bertz CT molecular complexity index is 723. The fourth-order valence-electron chi connectivity index (χ4n) is 4.25. The highest BCUT2D eigenvalue weighted by Crippen LogP contribution is 2.52. The molecule has 22 heavy (non-hydrogen) atoms. The van der Waals surface area contributed by atoms with E-state index in [1.807, 2.05) is 18.2 Å². The highest BCUT2D eigenvalue weighted by molar-refractivity contribution is 6.58. The van der Waals surface area contributed by atoms with Crippen LogP contribution in [0.5, 0.6) is 0 Å². The van der Waals surface area contributed by atoms with Crippen LogP contribution in [0.4, 0.5) is 0 Å². The molecule has 4 rings (SSSR count). The second kappa shape index (κ2) is 5.41. The van der Waals surface area contributed by atoms with E-state index in [0.717, 1.165) is 5.02 Å². The van der Waals surface area contributed by atoms with Crippen LogP contribution in [-0.4, -0.2) is 17.2 Å². The van der Waals surface area contributed by atoms with Gasteiger partial charge in [0.1, 0.15) is 0 Å². The van der Waals surface area contributed by atoms with Gasteiger partial charge in [0.15, 0.2) is 0 Å². The van der Waals surface area contributed by atoms with Gasteiger partial charge in [-0.3, -0.25) is 0 Å². The number of fused-ring (bicyclic) bond motifs is 3. The average Bonchev–Trinajstić information content (AvgIpc) is 3.11. The molecule has 112 valence electrons. The fraction of sp³-hybridized carbons (Fsp3) is 0.333. The summed E-state index contributed by atoms with van der Waals surface area (Å²) in [6.07, 6.45) is 5.05. The molecule has 2 N–H and O–H groups in total. The third-order valence-electron chi connectivity index (χ3n) is 5.22. The first-order valence-corrected chi connectivity index (χ1v) is 8.33. The number of rotatable bonds is 2. The summed E-state index contributed by atoms with van der Waals surface area (Å²) in [7, 11) is -1.41. The van der Waals surface area contributed by atoms with Crippen LogP contribution >= 0.6 is 11.6 Å². The number of benzene rings is 2. The van der Waals surface area contributed by atoms with Gasteiger partial charge in [-0.25, -0.2) is 0 Å². The van der Waals surface area contributed by atoms with Crippen molar-refractivity contribution in [3.05, 3.63) is 52.5 Å². The molecule has 2 nitrogen and oxygen atoms in total. The molecule has 0 radical (unpaired) electrons. The molecule has 4 heteroatoms. The van der Waals surface area contributed by atoms with Crippen LogP contribution in [0.15, 0.2) is 36.4 Å². The van der Waals surface area contributed by atoms with Gasteiger partial charge >= 0.3 is 7.12 Å². The Balaban J connectivity index is 1.90. The van der Waals surface area contributed by atoms with E-state index in [1.54, 1.807) is 6.07 Å². The van der Waals surface area contributed by atoms with Crippen LogP contribution in [0.1, 0.15) is 42.7 Å². The average molecular weight is 313 g/mol. The third kappa shape index (κ3) is 2.20. The lowest BCUT2D eigenvalue weighted by Gasteiger charge is -2.21. The Morgan fingerprint density at radius 2 is 1.55 bits per heavy atom. The van der Waals surface area contributed by atoms with E-state index >= 15 is 0 Å². The molecule has 2 aromatic carbocycles. The van der Waals surface area contributed by atoms with E-state index in [0.29, 0.717) is 17.3 Å². The fourth-order valence-corrected chi connectivity index (χ4v) is 4.43. The molecule has 2 aliphatic carbocycles. The highest BCUT2D eigenvalue weighted by Gasteiger charge is 2.36. The maximum Gasteiger partial charge on any atom is 0.488 e. The van der Waals surface area contributed by atoms with Gasteiger partial charge in [0, 0.05) is 10.9 Å². The molecule has 0 aliphatic heterocycles. The third-order valence-corrected chi connectivity index (χ3v) is 5.45. The summed E-state index contributed by atoms with van der Waals surface area (Å²) in [5.74, 6) is 0.967. The minimum absolute atomic E-state index is 0.338. The minimum atomic E-state index is -1.41. The second-order valence-electron chi connectivity index (χ2n) is 6.47. The summed E-state index contributed by atoms with van der Waals surface area (Å²) in [5, 5.41) is 19.8. The van der Waals surface area contributed by atoms with Crippen molar-refractivity contribution in [1.82, 2.24) is 0 Å². The molecule has 0 saturated heterocycles. The zero-order valence-corrected chi connectivity index (χ0v) is 13.1. The van der Waals surface area contributed by atoms with E-state index < -0.39 is 7.12 Å². The van der Waals surface area contributed by atoms with Gasteiger partial charge in [-0.05, 0) is 58.6 Å². The van der Waals surface area contributed by atoms with Crippen molar-refractivity contribution < 1.29 is 10.0 Å². The Morgan fingerprint density at radius 3 is 2.23 bits per heavy atom. The largest absolute Gasteiger partial charge is 0.488 e. The Morgan fingerprint density at radius 1 is 0.909 bits per heavy atom. The maximum absolute atomic E-state index is 9.50. The van der Waals surface area contributed by atoms with E-state index in [4.69, 9.17) is 11.6 Å². The predicted octanol–water partition coefficient (Wildman–Crippen LogP) is 3.32. The van der Waals surface area contributed by atoms with Gasteiger partial charge in [-0.15, -0.1) is 0 Å². The molecular formula is C18H18BClO2. The van der Waals surface area contributed by atoms with Crippen LogP contribution in [-0.2, 0) is 0 Å². The molecule has 1 saturated carbocycles. The monoisotopic (exact) mass is 312 g/mol. The number of hydrogen-bond acceptors (Lipinski definition) is 2. The van der Waals surface area contributed by atoms with Crippen LogP contribution < -0.4 is 5.46 Å². The van der Waals surface area contributed by atoms with E-state index in [-0.39, 0.29) is 0 Å². The summed E-state index contributed by atoms with van der Waals surface area (Å²) >= 11 is 6.24. The van der Waals surface area contributed by atoms with Crippen LogP contribution in [0.25, 0.3) is 11.1 Å². The van der Waals surface area contributed by atoms with Gasteiger partial charge in [0.25, 0.3) is 0 Å². The summed E-state index contributed by atoms with van der Waals surface area (Å²) in [4.78, 5) is 0. The van der Waals surface area contributed by atoms with Crippen molar-refractivity contribution in [2.75, 3.05) is 0 Å². The molecule has 0 aromatic heterocycles. The highest BCUT2D eigenvalue weighted by atomic mass is 35.5. The minimum Gasteiger partial charge on any atom is -0.423 e. The Labute approximate surface area is 135 Å². The first-order valence-electron chi connectivity index (χ1n) is 7.95. The molecule has 0 amide bonds. The van der Waals surface area contributed by atoms with Crippen molar-refractivity contribution >= 4 is 24.2 Å². The van der Waals surface area contributed by atoms with Gasteiger partial charge < -0.3 is 10.0 Å². The molecule has 1 unspecified atom stereocenters. The lowest BCUT2D eigenvalue weighted by Crippen LogP contribution is -2.30. The normalized spacial score (nSPS) is 20.0. The predicted molar refractivity (Wildman–Crippen MR) is 90.5 cm³/mol. The molecule has 2 aromatic rings. The molecule has 1 atom stereocenters. The Kier molecular flexibility index (Phi) is 3.52. The summed E-state index contributed by atoms with van der Waals surface area (Å²) in [6, 6.07) is 11.9. The van der Waals surface area contributed by atoms with Gasteiger partial charge in [-0.1, -0.05) is 48.7 Å². The van der Waals surface area contributed by atoms with E-state index in [1.165, 1.54) is 47.9 Å². The van der Waals surface area contributed by atoms with Crippen molar-refractivity contribution in [1.29, 1.82) is 0 Å². The lowest BCUT2D eigenvalue weighted by molar-refractivity contribution is 0.425. The van der Waals surface area contributed by atoms with Gasteiger partial charge in [0.2, 0.25) is 0 Å². The van der Waals surface area contributed by atoms with Crippen LogP contribution in [0.2, 0.25) is 5.02 Å². The van der Waals surface area contributed by atoms with Gasteiger partial charge in [-0.2, -0.15) is 0 Å². The zero-order chi connectivity index (χ0) is 15.3. The number of hydrogen-bond donors (Lipinski definition) is 2. The van der Waals surface area contributed by atoms with Crippen LogP contribution in [0, 0.1) is 5.92 Å². The number of halogens is 1.